The molecule has 3 aromatic carbocycles. The first kappa shape index (κ1) is 33.7. The molecule has 7 nitrogen and oxygen atoms in total. The SMILES string of the molecule is CC[C@H](C(=O)NC(C)(C)C)N(Cc1ccc(Cl)c(Cl)c1)C(=O)CN(c1cccc(Cl)c1C)S(=O)(=O)c1ccc(C)cc1. The van der Waals surface area contributed by atoms with E-state index in [0.717, 1.165) is 9.87 Å². The number of benzene rings is 3. The maximum absolute atomic E-state index is 14.2. The van der Waals surface area contributed by atoms with Gasteiger partial charge in [-0.05, 0) is 88.6 Å². The van der Waals surface area contributed by atoms with Gasteiger partial charge in [-0.15, -0.1) is 0 Å². The van der Waals surface area contributed by atoms with Crippen molar-refractivity contribution in [3.63, 3.8) is 0 Å². The van der Waals surface area contributed by atoms with Crippen LogP contribution in [0.5, 0.6) is 0 Å². The molecule has 2 amide bonds. The number of carbonyl (C=O) groups is 2. The number of halogens is 3. The third-order valence-corrected chi connectivity index (χ3v) is 9.54. The molecule has 0 saturated heterocycles. The zero-order valence-corrected chi connectivity index (χ0v) is 27.6. The summed E-state index contributed by atoms with van der Waals surface area (Å²) in [5.74, 6) is -0.933. The van der Waals surface area contributed by atoms with Crippen molar-refractivity contribution in [3.05, 3.63) is 92.4 Å². The highest BCUT2D eigenvalue weighted by Crippen LogP contribution is 2.32. The third-order valence-electron chi connectivity index (χ3n) is 6.62. The van der Waals surface area contributed by atoms with Gasteiger partial charge >= 0.3 is 0 Å². The lowest BCUT2D eigenvalue weighted by Gasteiger charge is -2.35. The minimum Gasteiger partial charge on any atom is -0.350 e. The smallest absolute Gasteiger partial charge is 0.264 e. The Kier molecular flexibility index (Phi) is 11.0. The fraction of sp³-hybridized carbons (Fsp3) is 0.355. The molecule has 11 heteroatoms. The third kappa shape index (κ3) is 8.19. The molecule has 3 rings (SSSR count). The van der Waals surface area contributed by atoms with E-state index in [1.165, 1.54) is 17.0 Å². The molecule has 0 unspecified atom stereocenters. The van der Waals surface area contributed by atoms with E-state index in [2.05, 4.69) is 5.32 Å². The van der Waals surface area contributed by atoms with E-state index in [1.807, 2.05) is 27.7 Å². The summed E-state index contributed by atoms with van der Waals surface area (Å²) >= 11 is 18.8. The van der Waals surface area contributed by atoms with E-state index < -0.39 is 34.1 Å². The second kappa shape index (κ2) is 13.7. The van der Waals surface area contributed by atoms with Crippen molar-refractivity contribution in [1.29, 1.82) is 0 Å². The number of sulfonamides is 1. The van der Waals surface area contributed by atoms with Crippen molar-refractivity contribution in [1.82, 2.24) is 10.2 Å². The van der Waals surface area contributed by atoms with Crippen molar-refractivity contribution in [2.75, 3.05) is 10.8 Å². The summed E-state index contributed by atoms with van der Waals surface area (Å²) in [6.45, 7) is 10.3. The molecule has 0 aliphatic carbocycles. The van der Waals surface area contributed by atoms with Gasteiger partial charge in [0.2, 0.25) is 11.8 Å². The van der Waals surface area contributed by atoms with Crippen LogP contribution in [-0.4, -0.2) is 43.3 Å². The van der Waals surface area contributed by atoms with Crippen molar-refractivity contribution in [2.45, 2.75) is 71.0 Å². The summed E-state index contributed by atoms with van der Waals surface area (Å²) in [6.07, 6.45) is 0.288. The summed E-state index contributed by atoms with van der Waals surface area (Å²) < 4.78 is 29.2. The van der Waals surface area contributed by atoms with Crippen molar-refractivity contribution >= 4 is 62.3 Å². The summed E-state index contributed by atoms with van der Waals surface area (Å²) in [7, 11) is -4.22. The number of amides is 2. The topological polar surface area (TPSA) is 86.8 Å². The highest BCUT2D eigenvalue weighted by atomic mass is 35.5. The first-order chi connectivity index (χ1) is 19.5. The number of hydrogen-bond acceptors (Lipinski definition) is 4. The van der Waals surface area contributed by atoms with Gasteiger partial charge in [0.1, 0.15) is 12.6 Å². The molecule has 42 heavy (non-hydrogen) atoms. The second-order valence-electron chi connectivity index (χ2n) is 11.1. The molecular formula is C31H36Cl3N3O4S. The van der Waals surface area contributed by atoms with Crippen LogP contribution in [0.15, 0.2) is 65.6 Å². The van der Waals surface area contributed by atoms with Crippen molar-refractivity contribution < 1.29 is 18.0 Å². The average molecular weight is 653 g/mol. The summed E-state index contributed by atoms with van der Waals surface area (Å²) in [4.78, 5) is 29.1. The predicted octanol–water partition coefficient (Wildman–Crippen LogP) is 7.18. The maximum atomic E-state index is 14.2. The molecule has 0 radical (unpaired) electrons. The predicted molar refractivity (Wildman–Crippen MR) is 171 cm³/mol. The van der Waals surface area contributed by atoms with Crippen LogP contribution in [0.2, 0.25) is 15.1 Å². The van der Waals surface area contributed by atoms with Gasteiger partial charge in [0.25, 0.3) is 10.0 Å². The number of hydrogen-bond donors (Lipinski definition) is 1. The van der Waals surface area contributed by atoms with Crippen molar-refractivity contribution in [2.24, 2.45) is 0 Å². The van der Waals surface area contributed by atoms with E-state index in [1.54, 1.807) is 62.4 Å². The number of nitrogens with one attached hydrogen (secondary N) is 1. The van der Waals surface area contributed by atoms with Gasteiger partial charge in [-0.2, -0.15) is 0 Å². The molecule has 0 spiro atoms. The Labute approximate surface area is 263 Å². The lowest BCUT2D eigenvalue weighted by atomic mass is 10.1. The molecule has 0 aromatic heterocycles. The molecule has 3 aromatic rings. The molecule has 0 heterocycles. The maximum Gasteiger partial charge on any atom is 0.264 e. The molecule has 0 aliphatic rings. The second-order valence-corrected chi connectivity index (χ2v) is 14.2. The monoisotopic (exact) mass is 651 g/mol. The average Bonchev–Trinajstić information content (AvgIpc) is 2.90. The van der Waals surface area contributed by atoms with Crippen LogP contribution >= 0.6 is 34.8 Å². The van der Waals surface area contributed by atoms with Gasteiger partial charge in [-0.3, -0.25) is 13.9 Å². The van der Waals surface area contributed by atoms with Gasteiger partial charge in [0.15, 0.2) is 0 Å². The van der Waals surface area contributed by atoms with E-state index in [-0.39, 0.29) is 29.5 Å². The van der Waals surface area contributed by atoms with Gasteiger partial charge in [0, 0.05) is 17.1 Å². The fourth-order valence-electron chi connectivity index (χ4n) is 4.42. The Morgan fingerprint density at radius 2 is 1.55 bits per heavy atom. The normalized spacial score (nSPS) is 12.5. The van der Waals surface area contributed by atoms with Crippen LogP contribution < -0.4 is 9.62 Å². The Bertz CT molecular complexity index is 1550. The molecule has 226 valence electrons. The zero-order chi connectivity index (χ0) is 31.4. The molecular weight excluding hydrogens is 617 g/mol. The van der Waals surface area contributed by atoms with Crippen LogP contribution in [0.25, 0.3) is 0 Å². The molecule has 1 atom stereocenters. The molecule has 0 aliphatic heterocycles. The summed E-state index contributed by atoms with van der Waals surface area (Å²) in [6, 6.07) is 15.3. The van der Waals surface area contributed by atoms with Crippen molar-refractivity contribution in [3.8, 4) is 0 Å². The minimum atomic E-state index is -4.22. The Balaban J connectivity index is 2.13. The molecule has 0 saturated carbocycles. The highest BCUT2D eigenvalue weighted by molar-refractivity contribution is 7.92. The van der Waals surface area contributed by atoms with Crippen LogP contribution in [0, 0.1) is 13.8 Å². The number of rotatable bonds is 10. The van der Waals surface area contributed by atoms with Gasteiger partial charge < -0.3 is 10.2 Å². The number of aryl methyl sites for hydroxylation is 1. The first-order valence-corrected chi connectivity index (χ1v) is 16.0. The van der Waals surface area contributed by atoms with E-state index in [4.69, 9.17) is 34.8 Å². The van der Waals surface area contributed by atoms with Gasteiger partial charge in [-0.1, -0.05) is 71.6 Å². The van der Waals surface area contributed by atoms with E-state index in [0.29, 0.717) is 26.2 Å². The van der Waals surface area contributed by atoms with Crippen LogP contribution in [0.4, 0.5) is 5.69 Å². The van der Waals surface area contributed by atoms with E-state index in [9.17, 15) is 18.0 Å². The Morgan fingerprint density at radius 1 is 0.905 bits per heavy atom. The lowest BCUT2D eigenvalue weighted by Crippen LogP contribution is -2.55. The summed E-state index contributed by atoms with van der Waals surface area (Å²) in [5.41, 5.74) is 1.72. The zero-order valence-electron chi connectivity index (χ0n) is 24.5. The first-order valence-electron chi connectivity index (χ1n) is 13.4. The largest absolute Gasteiger partial charge is 0.350 e. The number of nitrogens with zero attached hydrogens (tertiary/aromatic N) is 2. The number of carbonyl (C=O) groups excluding carboxylic acids is 2. The lowest BCUT2D eigenvalue weighted by molar-refractivity contribution is -0.141. The molecule has 0 bridgehead atoms. The van der Waals surface area contributed by atoms with Crippen LogP contribution in [0.1, 0.15) is 50.8 Å². The Morgan fingerprint density at radius 3 is 2.12 bits per heavy atom. The highest BCUT2D eigenvalue weighted by Gasteiger charge is 2.35. The van der Waals surface area contributed by atoms with Crippen LogP contribution in [0.3, 0.4) is 0 Å². The fourth-order valence-corrected chi connectivity index (χ4v) is 6.39. The van der Waals surface area contributed by atoms with E-state index >= 15 is 0 Å². The number of anilines is 1. The summed E-state index contributed by atoms with van der Waals surface area (Å²) in [5, 5.41) is 3.95. The Hall–Kier alpha value is -2.78. The molecule has 1 N–H and O–H groups in total. The van der Waals surface area contributed by atoms with Crippen LogP contribution in [-0.2, 0) is 26.2 Å². The van der Waals surface area contributed by atoms with Gasteiger partial charge in [0.05, 0.1) is 20.6 Å². The standard InChI is InChI=1S/C31H36Cl3N3O4S/c1-7-27(30(39)35-31(4,5)6)36(18-22-13-16-25(33)26(34)17-22)29(38)19-37(28-10-8-9-24(32)21(28)3)42(40,41)23-14-11-20(2)12-15-23/h8-17,27H,7,18-19H2,1-6H3,(H,35,39)/t27-/m1/s1. The molecule has 0 fully saturated rings. The minimum absolute atomic E-state index is 0.00125. The quantitative estimate of drug-likeness (QED) is 0.251. The van der Waals surface area contributed by atoms with Gasteiger partial charge in [-0.25, -0.2) is 8.42 Å².